The Balaban J connectivity index is 0.000000232. The molecule has 7 rings (SSSR count). The second-order valence-corrected chi connectivity index (χ2v) is 19.0. The van der Waals surface area contributed by atoms with Crippen molar-refractivity contribution < 1.29 is 38.8 Å². The van der Waals surface area contributed by atoms with E-state index in [0.29, 0.717) is 35.5 Å². The first-order chi connectivity index (χ1) is 28.2. The zero-order chi connectivity index (χ0) is 43.4. The summed E-state index contributed by atoms with van der Waals surface area (Å²) in [6, 6.07) is 13.3. The van der Waals surface area contributed by atoms with E-state index >= 15 is 0 Å². The predicted octanol–water partition coefficient (Wildman–Crippen LogP) is 9.67. The molecule has 2 aromatic rings. The molecular weight excluding hydrogens is 748 g/mol. The smallest absolute Gasteiger partial charge is 0.339 e. The standard InChI is InChI=1S/C26H42O2.C19H22FNO4.C3H6.CH3NO/c1-23(2)20-10-13-24(3)18-9-15-26(16-27)12-5-6-19(26)17(18)7-8-21(24)25(20,4)14-11-22(23)28;1-21-13-16-5-2-4-14(11-16)10-15-6-7-18(17(12-15)19(22)23)24-8-3-9-25-20;1-3-2;2-1-3/h16-22,28H,5-15H2,1-4H3;2,4-7,11-12,21H,3,8-10,13H2,1H3,(H,22,23);3H,1H2,2H3;1H,(H2,2,3). The fourth-order valence-electron chi connectivity index (χ4n) is 13.0. The Hall–Kier alpha value is -3.60. The summed E-state index contributed by atoms with van der Waals surface area (Å²) in [6.45, 7) is 16.1. The van der Waals surface area contributed by atoms with Crippen LogP contribution in [0.3, 0.4) is 0 Å². The van der Waals surface area contributed by atoms with Gasteiger partial charge in [0.25, 0.3) is 0 Å². The number of benzene rings is 2. The van der Waals surface area contributed by atoms with Gasteiger partial charge in [0.15, 0.2) is 0 Å². The molecule has 9 unspecified atom stereocenters. The number of aliphatic hydroxyl groups is 1. The van der Waals surface area contributed by atoms with Gasteiger partial charge in [-0.05, 0) is 164 Å². The third-order valence-electron chi connectivity index (χ3n) is 15.5. The van der Waals surface area contributed by atoms with E-state index < -0.39 is 5.97 Å². The van der Waals surface area contributed by atoms with Gasteiger partial charge in [-0.25, -0.2) is 4.79 Å². The number of nitrogens with two attached hydrogens (primary N) is 1. The van der Waals surface area contributed by atoms with E-state index in [2.05, 4.69) is 56.3 Å². The predicted molar refractivity (Wildman–Crippen MR) is 231 cm³/mol. The van der Waals surface area contributed by atoms with Crippen molar-refractivity contribution in [1.29, 1.82) is 0 Å². The van der Waals surface area contributed by atoms with Gasteiger partial charge in [0.05, 0.1) is 19.3 Å². The summed E-state index contributed by atoms with van der Waals surface area (Å²) >= 11 is 0. The Morgan fingerprint density at radius 2 is 1.58 bits per heavy atom. The molecule has 5 aliphatic rings. The number of amides is 1. The van der Waals surface area contributed by atoms with Crippen molar-refractivity contribution >= 4 is 18.7 Å². The molecule has 1 amide bonds. The average molecular weight is 821 g/mol. The number of fused-ring (bicyclic) bond motifs is 7. The number of ether oxygens (including phenoxy) is 1. The van der Waals surface area contributed by atoms with Crippen LogP contribution in [0.25, 0.3) is 0 Å². The van der Waals surface area contributed by atoms with Crippen LogP contribution in [0.1, 0.15) is 139 Å². The molecule has 0 aromatic heterocycles. The van der Waals surface area contributed by atoms with Gasteiger partial charge < -0.3 is 30.8 Å². The highest BCUT2D eigenvalue weighted by Crippen LogP contribution is 2.72. The van der Waals surface area contributed by atoms with Crippen LogP contribution in [-0.2, 0) is 27.5 Å². The normalized spacial score (nSPS) is 32.2. The molecule has 0 spiro atoms. The minimum Gasteiger partial charge on any atom is -0.493 e. The Labute approximate surface area is 353 Å². The molecule has 5 N–H and O–H groups in total. The summed E-state index contributed by atoms with van der Waals surface area (Å²) in [5.74, 6) is 2.98. The summed E-state index contributed by atoms with van der Waals surface area (Å²) in [5, 5.41) is 23.3. The number of carbonyl (C=O) groups excluding carboxylic acids is 2. The highest BCUT2D eigenvalue weighted by Gasteiger charge is 2.66. The van der Waals surface area contributed by atoms with Gasteiger partial charge >= 0.3 is 5.97 Å². The molecule has 0 aliphatic heterocycles. The van der Waals surface area contributed by atoms with E-state index in [1.165, 1.54) is 63.2 Å². The monoisotopic (exact) mass is 821 g/mol. The number of carboxylic acids is 1. The quantitative estimate of drug-likeness (QED) is 0.0996. The number of halogens is 1. The van der Waals surface area contributed by atoms with Crippen LogP contribution in [0.5, 0.6) is 5.75 Å². The van der Waals surface area contributed by atoms with E-state index in [0.717, 1.165) is 54.7 Å². The first-order valence-corrected chi connectivity index (χ1v) is 22.0. The molecule has 5 aliphatic carbocycles. The number of hydrogen-bond donors (Lipinski definition) is 4. The van der Waals surface area contributed by atoms with Crippen LogP contribution < -0.4 is 15.8 Å². The first kappa shape index (κ1) is 48.1. The molecule has 2 aromatic carbocycles. The van der Waals surface area contributed by atoms with E-state index in [4.69, 9.17) is 9.53 Å². The van der Waals surface area contributed by atoms with Gasteiger partial charge in [0.2, 0.25) is 6.41 Å². The van der Waals surface area contributed by atoms with Crippen LogP contribution in [0, 0.1) is 51.2 Å². The van der Waals surface area contributed by atoms with Crippen molar-refractivity contribution in [3.8, 4) is 5.75 Å². The number of allylic oxidation sites excluding steroid dienone is 1. The second-order valence-electron chi connectivity index (χ2n) is 19.0. The number of rotatable bonds is 11. The average Bonchev–Trinajstić information content (AvgIpc) is 3.65. The highest BCUT2D eigenvalue weighted by atomic mass is 19.3. The van der Waals surface area contributed by atoms with Gasteiger partial charge in [-0.3, -0.25) is 4.79 Å². The molecule has 59 heavy (non-hydrogen) atoms. The number of aromatic carboxylic acids is 1. The molecule has 0 radical (unpaired) electrons. The lowest BCUT2D eigenvalue weighted by Crippen LogP contribution is -2.63. The molecule has 5 saturated carbocycles. The molecular formula is C49H73FN2O7. The Morgan fingerprint density at radius 1 is 0.898 bits per heavy atom. The molecule has 0 heterocycles. The summed E-state index contributed by atoms with van der Waals surface area (Å²) < 4.78 is 17.0. The lowest BCUT2D eigenvalue weighted by molar-refractivity contribution is -0.213. The maximum absolute atomic E-state index is 12.1. The van der Waals surface area contributed by atoms with Crippen LogP contribution in [-0.4, -0.2) is 55.2 Å². The van der Waals surface area contributed by atoms with Gasteiger partial charge in [-0.15, -0.1) is 6.58 Å². The number of aldehydes is 1. The van der Waals surface area contributed by atoms with Crippen molar-refractivity contribution in [2.45, 2.75) is 131 Å². The Morgan fingerprint density at radius 3 is 2.24 bits per heavy atom. The summed E-state index contributed by atoms with van der Waals surface area (Å²) in [5.41, 5.74) is 8.37. The summed E-state index contributed by atoms with van der Waals surface area (Å²) in [6.07, 6.45) is 18.0. The molecule has 5 fully saturated rings. The van der Waals surface area contributed by atoms with Crippen molar-refractivity contribution in [3.63, 3.8) is 0 Å². The number of hydrogen-bond acceptors (Lipinski definition) is 7. The summed E-state index contributed by atoms with van der Waals surface area (Å²) in [4.78, 5) is 35.7. The number of carboxylic acid groups (broad SMARTS) is 1. The fourth-order valence-corrected chi connectivity index (χ4v) is 13.0. The number of primary amides is 1. The van der Waals surface area contributed by atoms with Crippen molar-refractivity contribution in [3.05, 3.63) is 77.4 Å². The minimum absolute atomic E-state index is 0.0441. The third-order valence-corrected chi connectivity index (χ3v) is 15.5. The number of nitrogens with one attached hydrogen (secondary N) is 1. The van der Waals surface area contributed by atoms with E-state index in [1.54, 1.807) is 18.2 Å². The number of carbonyl (C=O) groups is 3. The van der Waals surface area contributed by atoms with Gasteiger partial charge in [0, 0.05) is 18.4 Å². The molecule has 328 valence electrons. The van der Waals surface area contributed by atoms with E-state index in [-0.39, 0.29) is 47.9 Å². The molecule has 0 bridgehead atoms. The molecule has 10 heteroatoms. The first-order valence-electron chi connectivity index (χ1n) is 22.0. The minimum atomic E-state index is -1.05. The zero-order valence-electron chi connectivity index (χ0n) is 36.6. The summed E-state index contributed by atoms with van der Waals surface area (Å²) in [7, 11) is 1.89. The molecule has 0 saturated heterocycles. The van der Waals surface area contributed by atoms with Crippen molar-refractivity contribution in [2.75, 3.05) is 20.3 Å². The maximum Gasteiger partial charge on any atom is 0.339 e. The lowest BCUT2D eigenvalue weighted by Gasteiger charge is -2.69. The largest absolute Gasteiger partial charge is 0.493 e. The number of aliphatic hydroxyl groups excluding tert-OH is 1. The van der Waals surface area contributed by atoms with E-state index in [9.17, 15) is 24.3 Å². The van der Waals surface area contributed by atoms with Gasteiger partial charge in [0.1, 0.15) is 17.6 Å². The SMILES string of the molecule is C=CC.CC1(C)C(O)CCC2(C)C1CCC1(C)C3CCC4(C=O)CCCC4C3CCC12.CNCc1cccc(Cc2ccc(OCCCOF)c(C(=O)O)c2)c1.NC=O. The topological polar surface area (TPSA) is 148 Å². The zero-order valence-corrected chi connectivity index (χ0v) is 36.6. The van der Waals surface area contributed by atoms with Crippen molar-refractivity contribution in [2.24, 2.45) is 57.0 Å². The van der Waals surface area contributed by atoms with Crippen molar-refractivity contribution in [1.82, 2.24) is 5.32 Å². The maximum atomic E-state index is 12.1. The van der Waals surface area contributed by atoms with Gasteiger partial charge in [-0.1, -0.05) is 70.5 Å². The van der Waals surface area contributed by atoms with E-state index in [1.807, 2.05) is 38.2 Å². The Kier molecular flexibility index (Phi) is 17.3. The second kappa shape index (κ2) is 21.3. The molecule has 9 nitrogen and oxygen atoms in total. The van der Waals surface area contributed by atoms with Gasteiger partial charge in [-0.2, -0.15) is 4.94 Å². The highest BCUT2D eigenvalue weighted by molar-refractivity contribution is 5.91. The fraction of sp³-hybridized carbons (Fsp3) is 0.653. The van der Waals surface area contributed by atoms with Crippen LogP contribution in [0.4, 0.5) is 4.53 Å². The third kappa shape index (κ3) is 10.5. The lowest BCUT2D eigenvalue weighted by atomic mass is 9.36. The molecule has 9 atom stereocenters. The van der Waals surface area contributed by atoms with Crippen LogP contribution in [0.15, 0.2) is 55.1 Å². The van der Waals surface area contributed by atoms with Crippen LogP contribution >= 0.6 is 0 Å². The van der Waals surface area contributed by atoms with Crippen LogP contribution in [0.2, 0.25) is 0 Å². The Bertz CT molecular complexity index is 1700.